The normalized spacial score (nSPS) is 30.2. The van der Waals surface area contributed by atoms with Gasteiger partial charge in [-0.1, -0.05) is 18.6 Å². The van der Waals surface area contributed by atoms with Crippen LogP contribution in [-0.4, -0.2) is 17.7 Å². The van der Waals surface area contributed by atoms with E-state index in [2.05, 4.69) is 6.08 Å². The molecule has 108 valence electrons. The van der Waals surface area contributed by atoms with Gasteiger partial charge in [0.2, 0.25) is 11.6 Å². The Labute approximate surface area is 117 Å². The Kier molecular flexibility index (Phi) is 4.31. The van der Waals surface area contributed by atoms with Gasteiger partial charge in [0.15, 0.2) is 0 Å². The van der Waals surface area contributed by atoms with E-state index in [0.29, 0.717) is 12.8 Å². The summed E-state index contributed by atoms with van der Waals surface area (Å²) in [7, 11) is 0. The zero-order chi connectivity index (χ0) is 14.9. The number of alkyl halides is 1. The summed E-state index contributed by atoms with van der Waals surface area (Å²) < 4.78 is 26.4. The molecule has 0 saturated carbocycles. The van der Waals surface area contributed by atoms with Gasteiger partial charge in [0, 0.05) is 17.9 Å². The first-order valence-corrected chi connectivity index (χ1v) is 6.84. The number of halogens is 2. The van der Waals surface area contributed by atoms with Gasteiger partial charge in [0.05, 0.1) is 0 Å². The average Bonchev–Trinajstić information content (AvgIpc) is 2.34. The first kappa shape index (κ1) is 14.8. The van der Waals surface area contributed by atoms with E-state index < -0.39 is 23.6 Å². The number of hydrogen-bond donors (Lipinski definition) is 0. The molecule has 0 heterocycles. The van der Waals surface area contributed by atoms with Crippen LogP contribution in [0.1, 0.15) is 33.1 Å². The molecule has 0 radical (unpaired) electrons. The van der Waals surface area contributed by atoms with Crippen LogP contribution in [0.2, 0.25) is 0 Å². The molecule has 0 saturated heterocycles. The highest BCUT2D eigenvalue weighted by Gasteiger charge is 2.32. The summed E-state index contributed by atoms with van der Waals surface area (Å²) >= 11 is 0. The van der Waals surface area contributed by atoms with Crippen molar-refractivity contribution in [3.05, 3.63) is 35.2 Å². The fourth-order valence-corrected chi connectivity index (χ4v) is 2.96. The van der Waals surface area contributed by atoms with Crippen LogP contribution < -0.4 is 0 Å². The summed E-state index contributed by atoms with van der Waals surface area (Å²) in [4.78, 5) is 24.3. The van der Waals surface area contributed by atoms with Crippen molar-refractivity contribution < 1.29 is 18.4 Å². The van der Waals surface area contributed by atoms with Gasteiger partial charge in [-0.05, 0) is 37.8 Å². The summed E-state index contributed by atoms with van der Waals surface area (Å²) in [5, 5.41) is 0. The first-order valence-electron chi connectivity index (χ1n) is 6.84. The van der Waals surface area contributed by atoms with Crippen LogP contribution >= 0.6 is 0 Å². The third-order valence-corrected chi connectivity index (χ3v) is 3.75. The summed E-state index contributed by atoms with van der Waals surface area (Å²) in [6.45, 7) is 3.92. The molecule has 2 rings (SSSR count). The smallest absolute Gasteiger partial charge is 0.225 e. The van der Waals surface area contributed by atoms with Crippen LogP contribution in [0.5, 0.6) is 0 Å². The molecule has 2 nitrogen and oxygen atoms in total. The standard InChI is InChI=1S/C16H18F2O2/c1-9-3-10(2)5-11(4-9)15(19)16(20)12-6-13(17)8-14(18)7-12/h3,6,8-9,11,14H,4-5,7H2,1-2H3. The van der Waals surface area contributed by atoms with Crippen LogP contribution in [0.4, 0.5) is 8.78 Å². The van der Waals surface area contributed by atoms with Gasteiger partial charge in [-0.3, -0.25) is 9.59 Å². The molecule has 0 aromatic heterocycles. The number of rotatable bonds is 3. The van der Waals surface area contributed by atoms with Gasteiger partial charge in [-0.15, -0.1) is 0 Å². The molecule has 0 fully saturated rings. The molecule has 20 heavy (non-hydrogen) atoms. The molecule has 0 spiro atoms. The second kappa shape index (κ2) is 5.81. The maximum absolute atomic E-state index is 13.2. The van der Waals surface area contributed by atoms with Crippen LogP contribution in [-0.2, 0) is 9.59 Å². The highest BCUT2D eigenvalue weighted by molar-refractivity contribution is 6.44. The average molecular weight is 280 g/mol. The van der Waals surface area contributed by atoms with Gasteiger partial charge in [-0.2, -0.15) is 0 Å². The number of ketones is 2. The lowest BCUT2D eigenvalue weighted by molar-refractivity contribution is -0.137. The quantitative estimate of drug-likeness (QED) is 0.584. The molecule has 2 aliphatic rings. The molecule has 0 amide bonds. The van der Waals surface area contributed by atoms with Gasteiger partial charge >= 0.3 is 0 Å². The Morgan fingerprint density at radius 3 is 2.55 bits per heavy atom. The lowest BCUT2D eigenvalue weighted by Crippen LogP contribution is -2.29. The second-order valence-corrected chi connectivity index (χ2v) is 5.76. The van der Waals surface area contributed by atoms with E-state index >= 15 is 0 Å². The predicted molar refractivity (Wildman–Crippen MR) is 72.4 cm³/mol. The van der Waals surface area contributed by atoms with Crippen molar-refractivity contribution in [2.24, 2.45) is 11.8 Å². The fourth-order valence-electron chi connectivity index (χ4n) is 2.96. The number of carbonyl (C=O) groups excluding carboxylic acids is 2. The van der Waals surface area contributed by atoms with E-state index in [9.17, 15) is 18.4 Å². The predicted octanol–water partition coefficient (Wildman–Crippen LogP) is 3.64. The third-order valence-electron chi connectivity index (χ3n) is 3.75. The maximum atomic E-state index is 13.2. The SMILES string of the molecule is CC1=CC(C)CC(C(=O)C(=O)C2=CC(F)=CC(F)C2)C1. The monoisotopic (exact) mass is 280 g/mol. The van der Waals surface area contributed by atoms with Crippen molar-refractivity contribution >= 4 is 11.6 Å². The Morgan fingerprint density at radius 1 is 1.25 bits per heavy atom. The zero-order valence-electron chi connectivity index (χ0n) is 11.7. The second-order valence-electron chi connectivity index (χ2n) is 5.76. The number of hydrogen-bond acceptors (Lipinski definition) is 2. The van der Waals surface area contributed by atoms with E-state index in [4.69, 9.17) is 0 Å². The van der Waals surface area contributed by atoms with Crippen LogP contribution in [0.3, 0.4) is 0 Å². The van der Waals surface area contributed by atoms with E-state index in [1.54, 1.807) is 0 Å². The molecule has 0 aliphatic heterocycles. The van der Waals surface area contributed by atoms with E-state index in [1.165, 1.54) is 0 Å². The van der Waals surface area contributed by atoms with Gasteiger partial charge in [0.1, 0.15) is 12.0 Å². The number of allylic oxidation sites excluding steroid dienone is 6. The van der Waals surface area contributed by atoms with Crippen molar-refractivity contribution in [2.45, 2.75) is 39.3 Å². The molecule has 3 atom stereocenters. The van der Waals surface area contributed by atoms with Crippen molar-refractivity contribution in [2.75, 3.05) is 0 Å². The minimum absolute atomic E-state index is 0.0534. The number of Topliss-reactive ketones (excluding diaryl/α,β-unsaturated/α-hetero) is 2. The summed E-state index contributed by atoms with van der Waals surface area (Å²) in [5.41, 5.74) is 1.03. The van der Waals surface area contributed by atoms with Crippen LogP contribution in [0.15, 0.2) is 35.2 Å². The largest absolute Gasteiger partial charge is 0.290 e. The Morgan fingerprint density at radius 2 is 1.95 bits per heavy atom. The molecule has 0 bridgehead atoms. The molecule has 2 aliphatic carbocycles. The van der Waals surface area contributed by atoms with Crippen molar-refractivity contribution in [3.63, 3.8) is 0 Å². The summed E-state index contributed by atoms with van der Waals surface area (Å²) in [5.74, 6) is -2.15. The topological polar surface area (TPSA) is 34.1 Å². The molecule has 4 heteroatoms. The Balaban J connectivity index is 2.12. The minimum Gasteiger partial charge on any atom is -0.290 e. The zero-order valence-corrected chi connectivity index (χ0v) is 11.7. The minimum atomic E-state index is -1.53. The molecule has 3 unspecified atom stereocenters. The Bertz CT molecular complexity index is 529. The number of carbonyl (C=O) groups is 2. The van der Waals surface area contributed by atoms with Gasteiger partial charge in [-0.25, -0.2) is 8.78 Å². The van der Waals surface area contributed by atoms with Gasteiger partial charge < -0.3 is 0 Å². The van der Waals surface area contributed by atoms with Crippen molar-refractivity contribution in [1.82, 2.24) is 0 Å². The maximum Gasteiger partial charge on any atom is 0.225 e. The molecule has 0 aromatic carbocycles. The van der Waals surface area contributed by atoms with Crippen LogP contribution in [0, 0.1) is 11.8 Å². The third kappa shape index (κ3) is 3.30. The summed E-state index contributed by atoms with van der Waals surface area (Å²) in [6.07, 6.45) is 3.32. The van der Waals surface area contributed by atoms with E-state index in [-0.39, 0.29) is 23.8 Å². The fraction of sp³-hybridized carbons (Fsp3) is 0.500. The molecule has 0 N–H and O–H groups in total. The van der Waals surface area contributed by atoms with E-state index in [1.807, 2.05) is 13.8 Å². The van der Waals surface area contributed by atoms with Gasteiger partial charge in [0.25, 0.3) is 0 Å². The Hall–Kier alpha value is -1.58. The van der Waals surface area contributed by atoms with Crippen molar-refractivity contribution in [3.8, 4) is 0 Å². The highest BCUT2D eigenvalue weighted by Crippen LogP contribution is 2.30. The lowest BCUT2D eigenvalue weighted by atomic mass is 9.79. The molecular weight excluding hydrogens is 262 g/mol. The van der Waals surface area contributed by atoms with Crippen LogP contribution in [0.25, 0.3) is 0 Å². The van der Waals surface area contributed by atoms with E-state index in [0.717, 1.165) is 17.7 Å². The van der Waals surface area contributed by atoms with Crippen molar-refractivity contribution in [1.29, 1.82) is 0 Å². The lowest BCUT2D eigenvalue weighted by Gasteiger charge is -2.24. The highest BCUT2D eigenvalue weighted by atomic mass is 19.1. The first-order chi connectivity index (χ1) is 9.36. The summed E-state index contributed by atoms with van der Waals surface area (Å²) in [6, 6.07) is 0. The molecule has 0 aromatic rings. The molecular formula is C16H18F2O2.